The van der Waals surface area contributed by atoms with Gasteiger partial charge in [0, 0.05) is 6.42 Å². The van der Waals surface area contributed by atoms with E-state index in [1.165, 1.54) is 0 Å². The maximum atomic E-state index is 13.2. The summed E-state index contributed by atoms with van der Waals surface area (Å²) in [4.78, 5) is 14.7. The van der Waals surface area contributed by atoms with Crippen LogP contribution in [0.2, 0.25) is 0 Å². The van der Waals surface area contributed by atoms with Gasteiger partial charge < -0.3 is 20.7 Å². The van der Waals surface area contributed by atoms with E-state index in [9.17, 15) is 14.3 Å². The fourth-order valence-electron chi connectivity index (χ4n) is 1.74. The number of anilines is 1. The summed E-state index contributed by atoms with van der Waals surface area (Å²) in [5.41, 5.74) is 4.32. The molecule has 1 aromatic rings. The van der Waals surface area contributed by atoms with Crippen molar-refractivity contribution >= 4 is 5.82 Å². The van der Waals surface area contributed by atoms with Gasteiger partial charge in [0.2, 0.25) is 0 Å². The molecule has 0 radical (unpaired) electrons. The topological polar surface area (TPSA) is 111 Å². The Morgan fingerprint density at radius 1 is 1.71 bits per heavy atom. The van der Waals surface area contributed by atoms with Crippen molar-refractivity contribution in [3.8, 4) is 0 Å². The Balaban J connectivity index is 2.35. The molecule has 0 aromatic carbocycles. The van der Waals surface area contributed by atoms with Crippen LogP contribution in [0, 0.1) is 5.82 Å². The zero-order chi connectivity index (χ0) is 12.6. The molecule has 0 amide bonds. The van der Waals surface area contributed by atoms with E-state index < -0.39 is 35.8 Å². The number of hydrogen-bond acceptors (Lipinski definition) is 6. The van der Waals surface area contributed by atoms with Crippen LogP contribution in [0.15, 0.2) is 11.0 Å². The monoisotopic (exact) mass is 245 g/mol. The van der Waals surface area contributed by atoms with Gasteiger partial charge in [-0.15, -0.1) is 0 Å². The molecule has 4 N–H and O–H groups in total. The maximum Gasteiger partial charge on any atom is 0.351 e. The highest BCUT2D eigenvalue weighted by molar-refractivity contribution is 5.26. The summed E-state index contributed by atoms with van der Waals surface area (Å²) in [6.45, 7) is -0.285. The summed E-state index contributed by atoms with van der Waals surface area (Å²) in [6.07, 6.45) is -1.64. The molecule has 1 aliphatic rings. The highest BCUT2D eigenvalue weighted by atomic mass is 19.1. The Hall–Kier alpha value is -1.51. The van der Waals surface area contributed by atoms with Crippen molar-refractivity contribution in [2.75, 3.05) is 12.3 Å². The highest BCUT2D eigenvalue weighted by Gasteiger charge is 2.35. The third-order valence-corrected chi connectivity index (χ3v) is 2.58. The highest BCUT2D eigenvalue weighted by Crippen LogP contribution is 2.27. The molecule has 1 fully saturated rings. The fourth-order valence-corrected chi connectivity index (χ4v) is 1.74. The van der Waals surface area contributed by atoms with Crippen molar-refractivity contribution < 1.29 is 19.3 Å². The molecule has 1 saturated heterocycles. The predicted molar refractivity (Wildman–Crippen MR) is 54.5 cm³/mol. The molecule has 1 aliphatic heterocycles. The molecule has 0 unspecified atom stereocenters. The van der Waals surface area contributed by atoms with Crippen molar-refractivity contribution in [1.29, 1.82) is 0 Å². The number of hydrogen-bond donors (Lipinski definition) is 3. The van der Waals surface area contributed by atoms with Gasteiger partial charge in [0.25, 0.3) is 0 Å². The van der Waals surface area contributed by atoms with Gasteiger partial charge in [-0.2, -0.15) is 4.98 Å². The maximum absolute atomic E-state index is 13.2. The smallest absolute Gasteiger partial charge is 0.351 e. The normalized spacial score (nSPS) is 28.5. The minimum atomic E-state index is -1.05. The van der Waals surface area contributed by atoms with Crippen LogP contribution in [0.25, 0.3) is 0 Å². The van der Waals surface area contributed by atoms with Crippen molar-refractivity contribution in [2.45, 2.75) is 24.9 Å². The number of aliphatic hydroxyl groups excluding tert-OH is 2. The summed E-state index contributed by atoms with van der Waals surface area (Å²) >= 11 is 0. The average molecular weight is 245 g/mol. The molecular formula is C9H12FN3O4. The third-order valence-electron chi connectivity index (χ3n) is 2.58. The summed E-state index contributed by atoms with van der Waals surface area (Å²) < 4.78 is 19.2. The minimum absolute atomic E-state index is 0.166. The minimum Gasteiger partial charge on any atom is -0.394 e. The standard InChI is InChI=1S/C9H12FN3O4/c10-5-2-13(9(16)12-7(5)11)8-6(15)1-4(3-14)17-8/h2,4,6,8,14-15H,1,3H2,(H2,11,12,16)/t4-,6+,8+/m1/s1. The van der Waals surface area contributed by atoms with E-state index >= 15 is 0 Å². The summed E-state index contributed by atoms with van der Waals surface area (Å²) in [6, 6.07) is 0. The molecular weight excluding hydrogens is 233 g/mol. The van der Waals surface area contributed by atoms with E-state index in [4.69, 9.17) is 15.6 Å². The second kappa shape index (κ2) is 4.40. The molecule has 0 saturated carbocycles. The van der Waals surface area contributed by atoms with E-state index in [2.05, 4.69) is 4.98 Å². The van der Waals surface area contributed by atoms with Gasteiger partial charge in [-0.3, -0.25) is 4.57 Å². The molecule has 0 bridgehead atoms. The van der Waals surface area contributed by atoms with E-state index in [1.807, 2.05) is 0 Å². The molecule has 7 nitrogen and oxygen atoms in total. The van der Waals surface area contributed by atoms with Crippen molar-refractivity contribution in [1.82, 2.24) is 9.55 Å². The molecule has 2 heterocycles. The van der Waals surface area contributed by atoms with Crippen LogP contribution in [0.4, 0.5) is 10.2 Å². The van der Waals surface area contributed by atoms with Crippen LogP contribution in [-0.2, 0) is 4.74 Å². The Labute approximate surface area is 95.3 Å². The van der Waals surface area contributed by atoms with Gasteiger partial charge >= 0.3 is 5.69 Å². The lowest BCUT2D eigenvalue weighted by atomic mass is 10.2. The van der Waals surface area contributed by atoms with Crippen LogP contribution in [0.3, 0.4) is 0 Å². The lowest BCUT2D eigenvalue weighted by Gasteiger charge is -2.17. The molecule has 94 valence electrons. The van der Waals surface area contributed by atoms with Crippen LogP contribution in [0.1, 0.15) is 12.6 Å². The van der Waals surface area contributed by atoms with Crippen LogP contribution >= 0.6 is 0 Å². The molecule has 8 heteroatoms. The summed E-state index contributed by atoms with van der Waals surface area (Å²) in [7, 11) is 0. The Morgan fingerprint density at radius 3 is 3.00 bits per heavy atom. The molecule has 2 rings (SSSR count). The van der Waals surface area contributed by atoms with Gasteiger partial charge in [0.1, 0.15) is 6.10 Å². The van der Waals surface area contributed by atoms with E-state index in [0.717, 1.165) is 10.8 Å². The van der Waals surface area contributed by atoms with Gasteiger partial charge in [-0.25, -0.2) is 9.18 Å². The van der Waals surface area contributed by atoms with Crippen molar-refractivity contribution in [2.24, 2.45) is 0 Å². The second-order valence-electron chi connectivity index (χ2n) is 3.80. The number of rotatable bonds is 2. The van der Waals surface area contributed by atoms with Gasteiger partial charge in [-0.05, 0) is 0 Å². The average Bonchev–Trinajstić information content (AvgIpc) is 2.65. The van der Waals surface area contributed by atoms with Gasteiger partial charge in [0.15, 0.2) is 17.9 Å². The molecule has 17 heavy (non-hydrogen) atoms. The molecule has 0 spiro atoms. The van der Waals surface area contributed by atoms with Crippen molar-refractivity contribution in [3.63, 3.8) is 0 Å². The zero-order valence-corrected chi connectivity index (χ0v) is 8.78. The van der Waals surface area contributed by atoms with Crippen LogP contribution in [-0.4, -0.2) is 38.6 Å². The lowest BCUT2D eigenvalue weighted by Crippen LogP contribution is -2.32. The largest absolute Gasteiger partial charge is 0.394 e. The Kier molecular flexibility index (Phi) is 3.09. The number of nitrogen functional groups attached to an aromatic ring is 1. The first-order chi connectivity index (χ1) is 8.02. The van der Waals surface area contributed by atoms with Crippen molar-refractivity contribution in [3.05, 3.63) is 22.5 Å². The number of nitrogens with two attached hydrogens (primary N) is 1. The molecule has 0 aliphatic carbocycles. The number of ether oxygens (including phenoxy) is 1. The summed E-state index contributed by atoms with van der Waals surface area (Å²) in [5.74, 6) is -1.37. The van der Waals surface area contributed by atoms with E-state index in [1.54, 1.807) is 0 Å². The fraction of sp³-hybridized carbons (Fsp3) is 0.556. The lowest BCUT2D eigenvalue weighted by molar-refractivity contribution is -0.0533. The first kappa shape index (κ1) is 12.0. The van der Waals surface area contributed by atoms with E-state index in [0.29, 0.717) is 0 Å². The zero-order valence-electron chi connectivity index (χ0n) is 8.78. The number of nitrogens with zero attached hydrogens (tertiary/aromatic N) is 2. The first-order valence-corrected chi connectivity index (χ1v) is 5.01. The number of aliphatic hydroxyl groups is 2. The summed E-state index contributed by atoms with van der Waals surface area (Å²) in [5, 5.41) is 18.5. The quantitative estimate of drug-likeness (QED) is 0.591. The second-order valence-corrected chi connectivity index (χ2v) is 3.80. The molecule has 3 atom stereocenters. The Morgan fingerprint density at radius 2 is 2.41 bits per heavy atom. The molecule has 1 aromatic heterocycles. The van der Waals surface area contributed by atoms with Gasteiger partial charge in [-0.1, -0.05) is 0 Å². The first-order valence-electron chi connectivity index (χ1n) is 5.01. The van der Waals surface area contributed by atoms with E-state index in [-0.39, 0.29) is 13.0 Å². The van der Waals surface area contributed by atoms with Crippen LogP contribution < -0.4 is 11.4 Å². The van der Waals surface area contributed by atoms with Crippen LogP contribution in [0.5, 0.6) is 0 Å². The SMILES string of the molecule is Nc1nc(=O)n([C@H]2O[C@@H](CO)C[C@@H]2O)cc1F. The predicted octanol–water partition coefficient (Wildman–Crippen LogP) is -1.39. The van der Waals surface area contributed by atoms with Gasteiger partial charge in [0.05, 0.1) is 18.9 Å². The number of aromatic nitrogens is 2. The number of halogens is 1. The Bertz CT molecular complexity index is 478. The third kappa shape index (κ3) is 2.14.